The lowest BCUT2D eigenvalue weighted by molar-refractivity contribution is -0.697. The molecule has 0 saturated carbocycles. The smallest absolute Gasteiger partial charge is 0.184 e. The van der Waals surface area contributed by atoms with Crippen molar-refractivity contribution in [3.8, 4) is 0 Å². The molecule has 82 valence electrons. The molecule has 1 aliphatic heterocycles. The highest BCUT2D eigenvalue weighted by Gasteiger charge is 2.18. The van der Waals surface area contributed by atoms with Gasteiger partial charge in [0.25, 0.3) is 0 Å². The van der Waals surface area contributed by atoms with Gasteiger partial charge in [-0.2, -0.15) is 0 Å². The van der Waals surface area contributed by atoms with Crippen LogP contribution in [-0.2, 0) is 16.0 Å². The molecule has 2 heterocycles. The van der Waals surface area contributed by atoms with E-state index in [1.807, 2.05) is 0 Å². The SMILES string of the molecule is CCCC[n+]1ccc(C2OCCO2)cc1. The molecule has 1 aromatic heterocycles. The van der Waals surface area contributed by atoms with Gasteiger partial charge in [-0.15, -0.1) is 0 Å². The maximum atomic E-state index is 5.43. The Morgan fingerprint density at radius 1 is 1.27 bits per heavy atom. The minimum absolute atomic E-state index is 0.147. The van der Waals surface area contributed by atoms with Crippen LogP contribution < -0.4 is 4.57 Å². The molecule has 2 rings (SSSR count). The first kappa shape index (κ1) is 10.6. The molecule has 0 unspecified atom stereocenters. The van der Waals surface area contributed by atoms with E-state index in [-0.39, 0.29) is 6.29 Å². The molecule has 0 spiro atoms. The van der Waals surface area contributed by atoms with Gasteiger partial charge in [0, 0.05) is 24.1 Å². The van der Waals surface area contributed by atoms with Crippen LogP contribution in [0.1, 0.15) is 31.6 Å². The zero-order valence-electron chi connectivity index (χ0n) is 9.19. The Kier molecular flexibility index (Phi) is 3.69. The van der Waals surface area contributed by atoms with Gasteiger partial charge in [-0.3, -0.25) is 0 Å². The van der Waals surface area contributed by atoms with Crippen molar-refractivity contribution < 1.29 is 14.0 Å². The van der Waals surface area contributed by atoms with Crippen molar-refractivity contribution in [2.75, 3.05) is 13.2 Å². The Morgan fingerprint density at radius 2 is 1.93 bits per heavy atom. The average Bonchev–Trinajstić information content (AvgIpc) is 2.80. The molecule has 0 N–H and O–H groups in total. The van der Waals surface area contributed by atoms with Crippen molar-refractivity contribution in [2.45, 2.75) is 32.6 Å². The van der Waals surface area contributed by atoms with E-state index in [2.05, 4.69) is 36.0 Å². The van der Waals surface area contributed by atoms with Crippen molar-refractivity contribution in [1.82, 2.24) is 0 Å². The number of ether oxygens (including phenoxy) is 2. The molecule has 0 amide bonds. The summed E-state index contributed by atoms with van der Waals surface area (Å²) < 4.78 is 13.1. The number of hydrogen-bond acceptors (Lipinski definition) is 2. The van der Waals surface area contributed by atoms with E-state index in [0.717, 1.165) is 12.1 Å². The van der Waals surface area contributed by atoms with Crippen molar-refractivity contribution in [3.63, 3.8) is 0 Å². The van der Waals surface area contributed by atoms with E-state index in [1.165, 1.54) is 12.8 Å². The number of aromatic nitrogens is 1. The third kappa shape index (κ3) is 2.76. The molecule has 0 radical (unpaired) electrons. The van der Waals surface area contributed by atoms with Crippen LogP contribution >= 0.6 is 0 Å². The summed E-state index contributed by atoms with van der Waals surface area (Å²) in [5.41, 5.74) is 1.11. The van der Waals surface area contributed by atoms with Crippen molar-refractivity contribution in [3.05, 3.63) is 30.1 Å². The van der Waals surface area contributed by atoms with E-state index in [0.29, 0.717) is 13.2 Å². The molecule has 1 saturated heterocycles. The van der Waals surface area contributed by atoms with Crippen LogP contribution in [0.25, 0.3) is 0 Å². The minimum Gasteiger partial charge on any atom is -0.346 e. The second-order valence-electron chi connectivity index (χ2n) is 3.80. The van der Waals surface area contributed by atoms with Gasteiger partial charge in [-0.05, 0) is 0 Å². The maximum Gasteiger partial charge on any atom is 0.184 e. The Balaban J connectivity index is 1.96. The van der Waals surface area contributed by atoms with E-state index >= 15 is 0 Å². The quantitative estimate of drug-likeness (QED) is 0.704. The summed E-state index contributed by atoms with van der Waals surface area (Å²) >= 11 is 0. The Hall–Kier alpha value is -0.930. The molecule has 0 aliphatic carbocycles. The Morgan fingerprint density at radius 3 is 2.53 bits per heavy atom. The molecule has 1 aromatic rings. The topological polar surface area (TPSA) is 22.3 Å². The summed E-state index contributed by atoms with van der Waals surface area (Å²) in [4.78, 5) is 0. The summed E-state index contributed by atoms with van der Waals surface area (Å²) in [6.07, 6.45) is 6.49. The average molecular weight is 208 g/mol. The second-order valence-corrected chi connectivity index (χ2v) is 3.80. The lowest BCUT2D eigenvalue weighted by Gasteiger charge is -2.07. The highest BCUT2D eigenvalue weighted by atomic mass is 16.7. The van der Waals surface area contributed by atoms with Crippen molar-refractivity contribution in [1.29, 1.82) is 0 Å². The zero-order chi connectivity index (χ0) is 10.5. The molecule has 0 atom stereocenters. The van der Waals surface area contributed by atoms with Gasteiger partial charge in [0.1, 0.15) is 6.54 Å². The maximum absolute atomic E-state index is 5.43. The fourth-order valence-corrected chi connectivity index (χ4v) is 1.67. The number of pyridine rings is 1. The number of nitrogens with zero attached hydrogens (tertiary/aromatic N) is 1. The molecule has 3 nitrogen and oxygen atoms in total. The number of unbranched alkanes of at least 4 members (excludes halogenated alkanes) is 1. The minimum atomic E-state index is -0.147. The van der Waals surface area contributed by atoms with E-state index in [1.54, 1.807) is 0 Å². The van der Waals surface area contributed by atoms with Gasteiger partial charge < -0.3 is 9.47 Å². The molecule has 0 bridgehead atoms. The van der Waals surface area contributed by atoms with Crippen LogP contribution in [0, 0.1) is 0 Å². The second kappa shape index (κ2) is 5.24. The molecule has 1 fully saturated rings. The highest BCUT2D eigenvalue weighted by Crippen LogP contribution is 2.21. The highest BCUT2D eigenvalue weighted by molar-refractivity contribution is 5.09. The number of aryl methyl sites for hydroxylation is 1. The van der Waals surface area contributed by atoms with Gasteiger partial charge in [-0.1, -0.05) is 13.3 Å². The van der Waals surface area contributed by atoms with E-state index in [4.69, 9.17) is 9.47 Å². The summed E-state index contributed by atoms with van der Waals surface area (Å²) in [5.74, 6) is 0. The van der Waals surface area contributed by atoms with Crippen LogP contribution in [-0.4, -0.2) is 13.2 Å². The predicted octanol–water partition coefficient (Wildman–Crippen LogP) is 1.82. The largest absolute Gasteiger partial charge is 0.346 e. The van der Waals surface area contributed by atoms with Gasteiger partial charge in [-0.25, -0.2) is 4.57 Å². The van der Waals surface area contributed by atoms with Gasteiger partial charge >= 0.3 is 0 Å². The predicted molar refractivity (Wildman–Crippen MR) is 56.2 cm³/mol. The normalized spacial score (nSPS) is 17.1. The van der Waals surface area contributed by atoms with Crippen LogP contribution in [0.15, 0.2) is 24.5 Å². The van der Waals surface area contributed by atoms with Crippen LogP contribution in [0.5, 0.6) is 0 Å². The summed E-state index contributed by atoms with van der Waals surface area (Å²) in [6.45, 7) is 4.70. The summed E-state index contributed by atoms with van der Waals surface area (Å²) in [7, 11) is 0. The molecule has 3 heteroatoms. The first-order valence-corrected chi connectivity index (χ1v) is 5.62. The fourth-order valence-electron chi connectivity index (χ4n) is 1.67. The summed E-state index contributed by atoms with van der Waals surface area (Å²) in [6, 6.07) is 4.15. The van der Waals surface area contributed by atoms with Crippen LogP contribution in [0.3, 0.4) is 0 Å². The Labute approximate surface area is 90.6 Å². The van der Waals surface area contributed by atoms with Gasteiger partial charge in [0.05, 0.1) is 13.2 Å². The zero-order valence-corrected chi connectivity index (χ0v) is 9.19. The third-order valence-corrected chi connectivity index (χ3v) is 2.58. The van der Waals surface area contributed by atoms with E-state index < -0.39 is 0 Å². The third-order valence-electron chi connectivity index (χ3n) is 2.58. The monoisotopic (exact) mass is 208 g/mol. The van der Waals surface area contributed by atoms with E-state index in [9.17, 15) is 0 Å². The summed E-state index contributed by atoms with van der Waals surface area (Å²) in [5, 5.41) is 0. The first-order chi connectivity index (χ1) is 7.40. The van der Waals surface area contributed by atoms with Crippen molar-refractivity contribution in [2.24, 2.45) is 0 Å². The molecule has 0 aromatic carbocycles. The number of hydrogen-bond donors (Lipinski definition) is 0. The first-order valence-electron chi connectivity index (χ1n) is 5.62. The number of rotatable bonds is 4. The van der Waals surface area contributed by atoms with Gasteiger partial charge in [0.15, 0.2) is 18.7 Å². The van der Waals surface area contributed by atoms with Crippen LogP contribution in [0.4, 0.5) is 0 Å². The van der Waals surface area contributed by atoms with Gasteiger partial charge in [0.2, 0.25) is 0 Å². The Bertz CT molecular complexity index is 291. The lowest BCUT2D eigenvalue weighted by atomic mass is 10.2. The van der Waals surface area contributed by atoms with Crippen LogP contribution in [0.2, 0.25) is 0 Å². The molecular weight excluding hydrogens is 190 g/mol. The molecule has 1 aliphatic rings. The van der Waals surface area contributed by atoms with Crippen molar-refractivity contribution >= 4 is 0 Å². The molecule has 15 heavy (non-hydrogen) atoms. The fraction of sp³-hybridized carbons (Fsp3) is 0.583. The molecular formula is C12H18NO2+. The standard InChI is InChI=1S/C12H18NO2/c1-2-3-6-13-7-4-11(5-8-13)12-14-9-10-15-12/h4-5,7-8,12H,2-3,6,9-10H2,1H3/q+1. The lowest BCUT2D eigenvalue weighted by Crippen LogP contribution is -2.32.